The first-order chi connectivity index (χ1) is 7.70. The molecule has 2 atom stereocenters. The van der Waals surface area contributed by atoms with Crippen LogP contribution < -0.4 is 5.32 Å². The van der Waals surface area contributed by atoms with Gasteiger partial charge in [-0.2, -0.15) is 11.8 Å². The lowest BCUT2D eigenvalue weighted by Crippen LogP contribution is -2.39. The second-order valence-electron chi connectivity index (χ2n) is 4.03. The minimum Gasteiger partial charge on any atom is -0.306 e. The highest BCUT2D eigenvalue weighted by Crippen LogP contribution is 2.27. The van der Waals surface area contributed by atoms with E-state index < -0.39 is 11.6 Å². The van der Waals surface area contributed by atoms with Gasteiger partial charge in [0.15, 0.2) is 0 Å². The van der Waals surface area contributed by atoms with Gasteiger partial charge < -0.3 is 5.32 Å². The molecule has 0 saturated carbocycles. The summed E-state index contributed by atoms with van der Waals surface area (Å²) in [6, 6.07) is 4.25. The van der Waals surface area contributed by atoms with Crippen LogP contribution in [0.2, 0.25) is 0 Å². The molecule has 1 fully saturated rings. The van der Waals surface area contributed by atoms with Crippen molar-refractivity contribution in [3.63, 3.8) is 0 Å². The van der Waals surface area contributed by atoms with Gasteiger partial charge in [-0.25, -0.2) is 8.78 Å². The van der Waals surface area contributed by atoms with E-state index in [1.54, 1.807) is 6.07 Å². The van der Waals surface area contributed by atoms with Crippen molar-refractivity contribution in [3.05, 3.63) is 35.4 Å². The van der Waals surface area contributed by atoms with Crippen molar-refractivity contribution in [3.8, 4) is 0 Å². The molecule has 1 aliphatic heterocycles. The third-order valence-electron chi connectivity index (χ3n) is 2.87. The number of rotatable bonds is 2. The van der Waals surface area contributed by atoms with E-state index in [4.69, 9.17) is 0 Å². The van der Waals surface area contributed by atoms with Crippen molar-refractivity contribution in [1.82, 2.24) is 5.32 Å². The molecule has 0 aliphatic carbocycles. The predicted octanol–water partition coefficient (Wildman–Crippen LogP) is 3.12. The standard InChI is InChI=1S/C12H15F2NS/c1-2-9-6-16-7-12(15-9)10-4-3-8(13)5-11(10)14/h3-5,9,12,15H,2,6-7H2,1H3. The number of nitrogens with one attached hydrogen (secondary N) is 1. The molecule has 1 aromatic carbocycles. The van der Waals surface area contributed by atoms with Crippen LogP contribution in [0.4, 0.5) is 8.78 Å². The second-order valence-corrected chi connectivity index (χ2v) is 5.10. The molecule has 4 heteroatoms. The first kappa shape index (κ1) is 11.9. The maximum atomic E-state index is 13.6. The van der Waals surface area contributed by atoms with Crippen LogP contribution in [-0.4, -0.2) is 17.5 Å². The monoisotopic (exact) mass is 243 g/mol. The second kappa shape index (κ2) is 5.15. The molecule has 1 nitrogen and oxygen atoms in total. The minimum atomic E-state index is -0.517. The maximum Gasteiger partial charge on any atom is 0.130 e. The smallest absolute Gasteiger partial charge is 0.130 e. The molecule has 2 unspecified atom stereocenters. The van der Waals surface area contributed by atoms with Crippen molar-refractivity contribution in [2.24, 2.45) is 0 Å². The molecule has 0 aromatic heterocycles. The van der Waals surface area contributed by atoms with Crippen LogP contribution in [0, 0.1) is 11.6 Å². The van der Waals surface area contributed by atoms with Crippen LogP contribution in [-0.2, 0) is 0 Å². The molecule has 0 bridgehead atoms. The van der Waals surface area contributed by atoms with Crippen molar-refractivity contribution in [2.75, 3.05) is 11.5 Å². The van der Waals surface area contributed by atoms with Crippen molar-refractivity contribution in [2.45, 2.75) is 25.4 Å². The molecular formula is C12H15F2NS. The molecule has 1 heterocycles. The van der Waals surface area contributed by atoms with Crippen molar-refractivity contribution in [1.29, 1.82) is 0 Å². The SMILES string of the molecule is CCC1CSCC(c2ccc(F)cc2F)N1. The van der Waals surface area contributed by atoms with E-state index in [2.05, 4.69) is 12.2 Å². The number of hydrogen-bond acceptors (Lipinski definition) is 2. The Morgan fingerprint density at radius 3 is 2.88 bits per heavy atom. The van der Waals surface area contributed by atoms with Gasteiger partial charge in [0, 0.05) is 35.2 Å². The highest BCUT2D eigenvalue weighted by Gasteiger charge is 2.23. The van der Waals surface area contributed by atoms with Gasteiger partial charge >= 0.3 is 0 Å². The Morgan fingerprint density at radius 1 is 1.38 bits per heavy atom. The topological polar surface area (TPSA) is 12.0 Å². The molecule has 0 amide bonds. The third-order valence-corrected chi connectivity index (χ3v) is 4.08. The summed E-state index contributed by atoms with van der Waals surface area (Å²) < 4.78 is 26.4. The molecule has 1 aliphatic rings. The van der Waals surface area contributed by atoms with E-state index in [-0.39, 0.29) is 6.04 Å². The fraction of sp³-hybridized carbons (Fsp3) is 0.500. The van der Waals surface area contributed by atoms with E-state index in [1.807, 2.05) is 11.8 Å². The number of thioether (sulfide) groups is 1. The summed E-state index contributed by atoms with van der Waals surface area (Å²) in [6.07, 6.45) is 1.03. The van der Waals surface area contributed by atoms with Crippen LogP contribution in [0.1, 0.15) is 24.9 Å². The maximum absolute atomic E-state index is 13.6. The molecule has 1 saturated heterocycles. The summed E-state index contributed by atoms with van der Waals surface area (Å²) in [5.41, 5.74) is 0.576. The van der Waals surface area contributed by atoms with Crippen LogP contribution in [0.5, 0.6) is 0 Å². The third kappa shape index (κ3) is 2.55. The quantitative estimate of drug-likeness (QED) is 0.856. The molecule has 0 spiro atoms. The molecule has 1 N–H and O–H groups in total. The largest absolute Gasteiger partial charge is 0.306 e. The first-order valence-electron chi connectivity index (χ1n) is 5.49. The zero-order chi connectivity index (χ0) is 11.5. The molecule has 16 heavy (non-hydrogen) atoms. The van der Waals surface area contributed by atoms with Gasteiger partial charge in [0.1, 0.15) is 11.6 Å². The Bertz CT molecular complexity index is 370. The highest BCUT2D eigenvalue weighted by molar-refractivity contribution is 7.99. The highest BCUT2D eigenvalue weighted by atomic mass is 32.2. The van der Waals surface area contributed by atoms with Crippen molar-refractivity contribution < 1.29 is 8.78 Å². The van der Waals surface area contributed by atoms with E-state index >= 15 is 0 Å². The molecule has 1 aromatic rings. The van der Waals surface area contributed by atoms with E-state index in [1.165, 1.54) is 6.07 Å². The van der Waals surface area contributed by atoms with Gasteiger partial charge in [0.2, 0.25) is 0 Å². The van der Waals surface area contributed by atoms with Gasteiger partial charge in [0.25, 0.3) is 0 Å². The lowest BCUT2D eigenvalue weighted by atomic mass is 10.1. The fourth-order valence-corrected chi connectivity index (χ4v) is 3.17. The number of benzene rings is 1. The summed E-state index contributed by atoms with van der Waals surface area (Å²) in [5, 5.41) is 3.40. The lowest BCUT2D eigenvalue weighted by molar-refractivity contribution is 0.449. The minimum absolute atomic E-state index is 0.00398. The fourth-order valence-electron chi connectivity index (χ4n) is 1.91. The Balaban J connectivity index is 2.16. The lowest BCUT2D eigenvalue weighted by Gasteiger charge is -2.30. The zero-order valence-corrected chi connectivity index (χ0v) is 9.99. The Hall–Kier alpha value is -0.610. The van der Waals surface area contributed by atoms with Crippen LogP contribution >= 0.6 is 11.8 Å². The van der Waals surface area contributed by atoms with Gasteiger partial charge in [-0.1, -0.05) is 13.0 Å². The Kier molecular flexibility index (Phi) is 3.82. The molecule has 0 radical (unpaired) electrons. The average molecular weight is 243 g/mol. The molecular weight excluding hydrogens is 228 g/mol. The summed E-state index contributed by atoms with van der Waals surface area (Å²) in [6.45, 7) is 2.11. The van der Waals surface area contributed by atoms with Gasteiger partial charge in [-0.05, 0) is 12.5 Å². The number of hydrogen-bond donors (Lipinski definition) is 1. The predicted molar refractivity (Wildman–Crippen MR) is 63.6 cm³/mol. The summed E-state index contributed by atoms with van der Waals surface area (Å²) >= 11 is 1.82. The number of halogens is 2. The normalized spacial score (nSPS) is 25.7. The van der Waals surface area contributed by atoms with Crippen LogP contribution in [0.3, 0.4) is 0 Å². The summed E-state index contributed by atoms with van der Waals surface area (Å²) in [7, 11) is 0. The van der Waals surface area contributed by atoms with E-state index in [0.29, 0.717) is 11.6 Å². The van der Waals surface area contributed by atoms with Gasteiger partial charge in [-0.3, -0.25) is 0 Å². The van der Waals surface area contributed by atoms with Crippen molar-refractivity contribution >= 4 is 11.8 Å². The van der Waals surface area contributed by atoms with E-state index in [0.717, 1.165) is 24.0 Å². The van der Waals surface area contributed by atoms with Gasteiger partial charge in [-0.15, -0.1) is 0 Å². The average Bonchev–Trinajstić information content (AvgIpc) is 2.29. The first-order valence-corrected chi connectivity index (χ1v) is 6.65. The van der Waals surface area contributed by atoms with Gasteiger partial charge in [0.05, 0.1) is 0 Å². The molecule has 88 valence electrons. The summed E-state index contributed by atoms with van der Waals surface area (Å²) in [5.74, 6) is 0.945. The summed E-state index contributed by atoms with van der Waals surface area (Å²) in [4.78, 5) is 0. The Labute approximate surface area is 98.6 Å². The Morgan fingerprint density at radius 2 is 2.19 bits per heavy atom. The molecule has 2 rings (SSSR count). The van der Waals surface area contributed by atoms with Crippen LogP contribution in [0.25, 0.3) is 0 Å². The van der Waals surface area contributed by atoms with Crippen LogP contribution in [0.15, 0.2) is 18.2 Å². The van der Waals surface area contributed by atoms with E-state index in [9.17, 15) is 8.78 Å². The zero-order valence-electron chi connectivity index (χ0n) is 9.17.